The first kappa shape index (κ1) is 17.7. The fourth-order valence-corrected chi connectivity index (χ4v) is 3.06. The van der Waals surface area contributed by atoms with Gasteiger partial charge in [0.15, 0.2) is 23.0 Å². The molecule has 134 valence electrons. The van der Waals surface area contributed by atoms with Crippen molar-refractivity contribution in [1.29, 1.82) is 0 Å². The number of methoxy groups -OCH3 is 2. The highest BCUT2D eigenvalue weighted by Crippen LogP contribution is 2.38. The van der Waals surface area contributed by atoms with Crippen molar-refractivity contribution in [2.45, 2.75) is 13.0 Å². The second-order valence-corrected chi connectivity index (χ2v) is 6.13. The average molecular weight is 364 g/mol. The van der Waals surface area contributed by atoms with E-state index in [-0.39, 0.29) is 0 Å². The number of halogens is 1. The van der Waals surface area contributed by atoms with Crippen LogP contribution in [0.15, 0.2) is 30.3 Å². The number of hydrogen-bond donors (Lipinski definition) is 1. The summed E-state index contributed by atoms with van der Waals surface area (Å²) in [5.74, 6) is 2.85. The molecule has 0 radical (unpaired) electrons. The van der Waals surface area contributed by atoms with Crippen LogP contribution >= 0.6 is 11.6 Å². The number of hydrogen-bond acceptors (Lipinski definition) is 5. The van der Waals surface area contributed by atoms with Gasteiger partial charge < -0.3 is 24.3 Å². The lowest BCUT2D eigenvalue weighted by molar-refractivity contribution is 0.171. The fraction of sp³-hybridized carbons (Fsp3) is 0.368. The van der Waals surface area contributed by atoms with Crippen LogP contribution in [0.3, 0.4) is 0 Å². The van der Waals surface area contributed by atoms with Crippen molar-refractivity contribution in [3.63, 3.8) is 0 Å². The molecule has 25 heavy (non-hydrogen) atoms. The first-order chi connectivity index (χ1) is 12.2. The van der Waals surface area contributed by atoms with Gasteiger partial charge in [0.05, 0.1) is 19.2 Å². The molecule has 5 nitrogen and oxygen atoms in total. The predicted molar refractivity (Wildman–Crippen MR) is 97.4 cm³/mol. The van der Waals surface area contributed by atoms with E-state index in [0.717, 1.165) is 35.8 Å². The Morgan fingerprint density at radius 3 is 2.60 bits per heavy atom. The van der Waals surface area contributed by atoms with Crippen LogP contribution < -0.4 is 24.3 Å². The molecule has 0 saturated carbocycles. The van der Waals surface area contributed by atoms with Crippen LogP contribution in [-0.4, -0.2) is 34.0 Å². The van der Waals surface area contributed by atoms with Gasteiger partial charge in [-0.25, -0.2) is 0 Å². The summed E-state index contributed by atoms with van der Waals surface area (Å²) in [6.45, 7) is 2.64. The highest BCUT2D eigenvalue weighted by atomic mass is 35.5. The Labute approximate surface area is 152 Å². The highest BCUT2D eigenvalue weighted by molar-refractivity contribution is 6.32. The third-order valence-corrected chi connectivity index (χ3v) is 4.30. The maximum absolute atomic E-state index is 6.26. The van der Waals surface area contributed by atoms with Crippen LogP contribution in [0.1, 0.15) is 11.1 Å². The summed E-state index contributed by atoms with van der Waals surface area (Å²) in [4.78, 5) is 0. The molecule has 0 atom stereocenters. The number of rotatable bonds is 7. The summed E-state index contributed by atoms with van der Waals surface area (Å²) in [6, 6.07) is 9.86. The van der Waals surface area contributed by atoms with Gasteiger partial charge in [-0.1, -0.05) is 17.7 Å². The molecule has 0 fully saturated rings. The molecule has 0 bridgehead atoms. The maximum atomic E-state index is 6.26. The van der Waals surface area contributed by atoms with Gasteiger partial charge in [0.1, 0.15) is 13.2 Å². The summed E-state index contributed by atoms with van der Waals surface area (Å²) < 4.78 is 21.7. The lowest BCUT2D eigenvalue weighted by atomic mass is 10.1. The Balaban J connectivity index is 1.54. The average Bonchev–Trinajstić information content (AvgIpc) is 2.65. The summed E-state index contributed by atoms with van der Waals surface area (Å²) in [5, 5.41) is 4.01. The Hall–Kier alpha value is -2.11. The number of benzene rings is 2. The van der Waals surface area contributed by atoms with Crippen LogP contribution in [0.5, 0.6) is 23.0 Å². The zero-order valence-electron chi connectivity index (χ0n) is 14.4. The van der Waals surface area contributed by atoms with Gasteiger partial charge in [-0.05, 0) is 48.4 Å². The summed E-state index contributed by atoms with van der Waals surface area (Å²) in [6.07, 6.45) is 0.888. The summed E-state index contributed by atoms with van der Waals surface area (Å²) in [7, 11) is 3.28. The van der Waals surface area contributed by atoms with Crippen molar-refractivity contribution in [2.24, 2.45) is 0 Å². The zero-order chi connectivity index (χ0) is 17.6. The van der Waals surface area contributed by atoms with E-state index in [1.807, 2.05) is 30.3 Å². The molecule has 1 heterocycles. The quantitative estimate of drug-likeness (QED) is 0.763. The third kappa shape index (κ3) is 4.30. The Kier molecular flexibility index (Phi) is 5.89. The molecular formula is C19H22ClNO4. The van der Waals surface area contributed by atoms with E-state index in [0.29, 0.717) is 30.5 Å². The summed E-state index contributed by atoms with van der Waals surface area (Å²) >= 11 is 6.26. The second-order valence-electron chi connectivity index (χ2n) is 5.72. The smallest absolute Gasteiger partial charge is 0.179 e. The van der Waals surface area contributed by atoms with Crippen LogP contribution in [0.2, 0.25) is 5.02 Å². The van der Waals surface area contributed by atoms with Gasteiger partial charge in [0.2, 0.25) is 0 Å². The van der Waals surface area contributed by atoms with Gasteiger partial charge in [0.25, 0.3) is 0 Å². The van der Waals surface area contributed by atoms with E-state index in [1.54, 1.807) is 14.2 Å². The lowest BCUT2D eigenvalue weighted by Gasteiger charge is -2.20. The SMILES string of the molecule is COc1ccc(CCNCc2cc(Cl)c3c(c2)OCCO3)cc1OC. The predicted octanol–water partition coefficient (Wildman–Crippen LogP) is 3.46. The fourth-order valence-electron chi connectivity index (χ4n) is 2.77. The molecule has 1 aliphatic rings. The summed E-state index contributed by atoms with van der Waals surface area (Å²) in [5.41, 5.74) is 2.26. The van der Waals surface area contributed by atoms with Crippen LogP contribution in [-0.2, 0) is 13.0 Å². The molecule has 0 aliphatic carbocycles. The minimum Gasteiger partial charge on any atom is -0.493 e. The lowest BCUT2D eigenvalue weighted by Crippen LogP contribution is -2.18. The Morgan fingerprint density at radius 2 is 1.80 bits per heavy atom. The monoisotopic (exact) mass is 363 g/mol. The standard InChI is InChI=1S/C19H22ClNO4/c1-22-16-4-3-13(10-17(16)23-2)5-6-21-12-14-9-15(20)19-18(11-14)24-7-8-25-19/h3-4,9-11,21H,5-8,12H2,1-2H3. The van der Waals surface area contributed by atoms with Crippen molar-refractivity contribution in [3.05, 3.63) is 46.5 Å². The van der Waals surface area contributed by atoms with Gasteiger partial charge in [-0.15, -0.1) is 0 Å². The minimum absolute atomic E-state index is 0.537. The van der Waals surface area contributed by atoms with Crippen LogP contribution in [0.25, 0.3) is 0 Å². The Morgan fingerprint density at radius 1 is 1.00 bits per heavy atom. The third-order valence-electron chi connectivity index (χ3n) is 4.02. The largest absolute Gasteiger partial charge is 0.493 e. The zero-order valence-corrected chi connectivity index (χ0v) is 15.2. The van der Waals surface area contributed by atoms with E-state index < -0.39 is 0 Å². The molecule has 3 rings (SSSR count). The molecule has 6 heteroatoms. The molecule has 1 aliphatic heterocycles. The molecule has 0 spiro atoms. The van der Waals surface area contributed by atoms with Crippen molar-refractivity contribution in [2.75, 3.05) is 34.0 Å². The first-order valence-corrected chi connectivity index (χ1v) is 8.58. The second kappa shape index (κ2) is 8.32. The van der Waals surface area contributed by atoms with Gasteiger partial charge in [-0.3, -0.25) is 0 Å². The highest BCUT2D eigenvalue weighted by Gasteiger charge is 2.16. The topological polar surface area (TPSA) is 49.0 Å². The van der Waals surface area contributed by atoms with Gasteiger partial charge in [0, 0.05) is 6.54 Å². The van der Waals surface area contributed by atoms with Gasteiger partial charge >= 0.3 is 0 Å². The minimum atomic E-state index is 0.537. The first-order valence-electron chi connectivity index (χ1n) is 8.21. The molecule has 1 N–H and O–H groups in total. The normalized spacial score (nSPS) is 12.8. The van der Waals surface area contributed by atoms with E-state index in [2.05, 4.69) is 5.32 Å². The molecular weight excluding hydrogens is 342 g/mol. The molecule has 2 aromatic rings. The maximum Gasteiger partial charge on any atom is 0.179 e. The van der Waals surface area contributed by atoms with Gasteiger partial charge in [-0.2, -0.15) is 0 Å². The van der Waals surface area contributed by atoms with Crippen LogP contribution in [0, 0.1) is 0 Å². The van der Waals surface area contributed by atoms with E-state index in [1.165, 1.54) is 5.56 Å². The van der Waals surface area contributed by atoms with E-state index in [4.69, 9.17) is 30.5 Å². The molecule has 2 aromatic carbocycles. The van der Waals surface area contributed by atoms with Crippen molar-refractivity contribution >= 4 is 11.6 Å². The molecule has 0 amide bonds. The van der Waals surface area contributed by atoms with Crippen molar-refractivity contribution < 1.29 is 18.9 Å². The number of fused-ring (bicyclic) bond motifs is 1. The van der Waals surface area contributed by atoms with E-state index in [9.17, 15) is 0 Å². The molecule has 0 aromatic heterocycles. The molecule has 0 saturated heterocycles. The number of nitrogens with one attached hydrogen (secondary N) is 1. The Bertz CT molecular complexity index is 736. The molecule has 0 unspecified atom stereocenters. The number of ether oxygens (including phenoxy) is 4. The van der Waals surface area contributed by atoms with Crippen molar-refractivity contribution in [3.8, 4) is 23.0 Å². The van der Waals surface area contributed by atoms with E-state index >= 15 is 0 Å². The van der Waals surface area contributed by atoms with Crippen molar-refractivity contribution in [1.82, 2.24) is 5.32 Å². The van der Waals surface area contributed by atoms with Crippen LogP contribution in [0.4, 0.5) is 0 Å².